The topological polar surface area (TPSA) is 52.6 Å². The van der Waals surface area contributed by atoms with Crippen LogP contribution in [0.3, 0.4) is 0 Å². The van der Waals surface area contributed by atoms with Gasteiger partial charge in [-0.05, 0) is 12.8 Å². The van der Waals surface area contributed by atoms with Crippen molar-refractivity contribution in [1.29, 1.82) is 0 Å². The lowest BCUT2D eigenvalue weighted by Crippen LogP contribution is -2.28. The van der Waals surface area contributed by atoms with Crippen molar-refractivity contribution in [2.45, 2.75) is 224 Å². The van der Waals surface area contributed by atoms with Crippen LogP contribution in [0.4, 0.5) is 0 Å². The molecule has 0 aromatic heterocycles. The number of rotatable bonds is 36. The second-order valence-corrected chi connectivity index (χ2v) is 14.2. The Morgan fingerprint density at radius 2 is 0.545 bits per heavy atom. The van der Waals surface area contributed by atoms with Gasteiger partial charge in [-0.25, -0.2) is 0 Å². The Hall–Kier alpha value is -0.580. The van der Waals surface area contributed by atoms with Gasteiger partial charge in [0.05, 0.1) is 13.2 Å². The highest BCUT2D eigenvalue weighted by atomic mass is 79.9. The van der Waals surface area contributed by atoms with E-state index in [1.54, 1.807) is 0 Å². The van der Waals surface area contributed by atoms with Crippen molar-refractivity contribution >= 4 is 27.9 Å². The maximum atomic E-state index is 12.2. The first-order valence-electron chi connectivity index (χ1n) is 19.6. The minimum Gasteiger partial charge on any atom is -0.464 e. The van der Waals surface area contributed by atoms with Gasteiger partial charge in [-0.1, -0.05) is 222 Å². The van der Waals surface area contributed by atoms with Crippen LogP contribution in [0.5, 0.6) is 0 Å². The van der Waals surface area contributed by atoms with E-state index < -0.39 is 16.8 Å². The first-order valence-corrected chi connectivity index (χ1v) is 20.5. The first-order chi connectivity index (χ1) is 21.6. The molecule has 0 atom stereocenters. The Morgan fingerprint density at radius 1 is 0.364 bits per heavy atom. The standard InChI is InChI=1S/C39H75BrO4/c1-3-5-7-9-11-13-15-17-19-21-23-25-27-29-31-33-35-43-38(41)37(40)39(42)44-36-34-32-30-28-26-24-22-20-18-16-14-12-10-8-6-4-2/h37H,3-36H2,1-2H3. The largest absolute Gasteiger partial charge is 0.464 e. The number of ether oxygens (including phenoxy) is 2. The predicted octanol–water partition coefficient (Wildman–Crippen LogP) is 13.4. The van der Waals surface area contributed by atoms with E-state index in [2.05, 4.69) is 29.8 Å². The number of alkyl halides is 1. The fourth-order valence-corrected chi connectivity index (χ4v) is 6.15. The normalized spacial score (nSPS) is 11.4. The van der Waals surface area contributed by atoms with E-state index in [0.29, 0.717) is 13.2 Å². The highest BCUT2D eigenvalue weighted by Gasteiger charge is 2.26. The lowest BCUT2D eigenvalue weighted by molar-refractivity contribution is -0.153. The van der Waals surface area contributed by atoms with Gasteiger partial charge in [-0.2, -0.15) is 0 Å². The highest BCUT2D eigenvalue weighted by molar-refractivity contribution is 9.10. The van der Waals surface area contributed by atoms with Crippen LogP contribution >= 0.6 is 15.9 Å². The highest BCUT2D eigenvalue weighted by Crippen LogP contribution is 2.16. The summed E-state index contributed by atoms with van der Waals surface area (Å²) in [5, 5.41) is 0. The minimum absolute atomic E-state index is 0.381. The van der Waals surface area contributed by atoms with Crippen molar-refractivity contribution in [2.75, 3.05) is 13.2 Å². The lowest BCUT2D eigenvalue weighted by Gasteiger charge is -2.10. The van der Waals surface area contributed by atoms with Gasteiger partial charge in [-0.15, -0.1) is 0 Å². The van der Waals surface area contributed by atoms with Gasteiger partial charge in [0.25, 0.3) is 0 Å². The van der Waals surface area contributed by atoms with Crippen LogP contribution in [0.15, 0.2) is 0 Å². The molecule has 4 nitrogen and oxygen atoms in total. The van der Waals surface area contributed by atoms with Crippen molar-refractivity contribution < 1.29 is 19.1 Å². The van der Waals surface area contributed by atoms with Crippen LogP contribution in [-0.2, 0) is 19.1 Å². The molecule has 0 aliphatic heterocycles. The zero-order valence-electron chi connectivity index (χ0n) is 29.6. The Bertz CT molecular complexity index is 547. The third-order valence-corrected chi connectivity index (χ3v) is 9.65. The van der Waals surface area contributed by atoms with E-state index >= 15 is 0 Å². The summed E-state index contributed by atoms with van der Waals surface area (Å²) < 4.78 is 10.6. The fourth-order valence-electron chi connectivity index (χ4n) is 5.89. The van der Waals surface area contributed by atoms with E-state index in [1.807, 2.05) is 0 Å². The monoisotopic (exact) mass is 686 g/mol. The minimum atomic E-state index is -1.01. The predicted molar refractivity (Wildman–Crippen MR) is 194 cm³/mol. The Morgan fingerprint density at radius 3 is 0.750 bits per heavy atom. The van der Waals surface area contributed by atoms with Gasteiger partial charge in [0.15, 0.2) is 0 Å². The summed E-state index contributed by atoms with van der Waals surface area (Å²) in [4.78, 5) is 23.3. The molecule has 0 saturated heterocycles. The maximum absolute atomic E-state index is 12.2. The van der Waals surface area contributed by atoms with E-state index in [9.17, 15) is 9.59 Å². The number of hydrogen-bond donors (Lipinski definition) is 0. The molecule has 0 bridgehead atoms. The summed E-state index contributed by atoms with van der Waals surface area (Å²) >= 11 is 3.16. The van der Waals surface area contributed by atoms with Crippen molar-refractivity contribution in [1.82, 2.24) is 0 Å². The summed E-state index contributed by atoms with van der Waals surface area (Å²) in [5.41, 5.74) is 0. The Balaban J connectivity index is 3.38. The molecule has 0 amide bonds. The average molecular weight is 688 g/mol. The van der Waals surface area contributed by atoms with Crippen LogP contribution in [0, 0.1) is 0 Å². The van der Waals surface area contributed by atoms with E-state index in [-0.39, 0.29) is 0 Å². The molecule has 0 aliphatic carbocycles. The van der Waals surface area contributed by atoms with Crippen molar-refractivity contribution in [2.24, 2.45) is 0 Å². The second-order valence-electron chi connectivity index (χ2n) is 13.3. The van der Waals surface area contributed by atoms with Crippen LogP contribution in [0.2, 0.25) is 0 Å². The molecule has 0 N–H and O–H groups in total. The van der Waals surface area contributed by atoms with Crippen LogP contribution in [0.1, 0.15) is 219 Å². The van der Waals surface area contributed by atoms with E-state index in [0.717, 1.165) is 25.7 Å². The molecular weight excluding hydrogens is 612 g/mol. The third-order valence-electron chi connectivity index (χ3n) is 8.90. The fraction of sp³-hybridized carbons (Fsp3) is 0.949. The SMILES string of the molecule is CCCCCCCCCCCCCCCCCCOC(=O)C(Br)C(=O)OCCCCCCCCCCCCCCCCCC. The maximum Gasteiger partial charge on any atom is 0.331 e. The summed E-state index contributed by atoms with van der Waals surface area (Å²) in [6, 6.07) is 0. The van der Waals surface area contributed by atoms with Crippen LogP contribution < -0.4 is 0 Å². The molecule has 0 aromatic carbocycles. The van der Waals surface area contributed by atoms with Crippen molar-refractivity contribution in [3.63, 3.8) is 0 Å². The molecule has 0 fully saturated rings. The zero-order valence-corrected chi connectivity index (χ0v) is 31.2. The van der Waals surface area contributed by atoms with Crippen LogP contribution in [0.25, 0.3) is 0 Å². The molecule has 0 aromatic rings. The van der Waals surface area contributed by atoms with Gasteiger partial charge in [0.1, 0.15) is 0 Å². The molecule has 262 valence electrons. The van der Waals surface area contributed by atoms with Gasteiger partial charge >= 0.3 is 11.9 Å². The molecule has 0 rings (SSSR count). The first kappa shape index (κ1) is 43.4. The molecule has 0 unspecified atom stereocenters. The molecule has 44 heavy (non-hydrogen) atoms. The third kappa shape index (κ3) is 32.8. The number of halogens is 1. The molecule has 5 heteroatoms. The summed E-state index contributed by atoms with van der Waals surface area (Å²) in [7, 11) is 0. The van der Waals surface area contributed by atoms with Gasteiger partial charge in [-0.3, -0.25) is 9.59 Å². The van der Waals surface area contributed by atoms with E-state index in [1.165, 1.54) is 180 Å². The number of hydrogen-bond acceptors (Lipinski definition) is 4. The zero-order chi connectivity index (χ0) is 32.2. The molecule has 0 saturated carbocycles. The van der Waals surface area contributed by atoms with E-state index in [4.69, 9.17) is 9.47 Å². The lowest BCUT2D eigenvalue weighted by atomic mass is 10.0. The Kier molecular flexibility index (Phi) is 36.4. The summed E-state index contributed by atoms with van der Waals surface area (Å²) in [6.45, 7) is 5.32. The number of carbonyl (C=O) groups excluding carboxylic acids is 2. The van der Waals surface area contributed by atoms with Gasteiger partial charge < -0.3 is 9.47 Å². The molecular formula is C39H75BrO4. The van der Waals surface area contributed by atoms with Gasteiger partial charge in [0, 0.05) is 0 Å². The smallest absolute Gasteiger partial charge is 0.331 e. The van der Waals surface area contributed by atoms with Crippen molar-refractivity contribution in [3.8, 4) is 0 Å². The number of unbranched alkanes of at least 4 members (excludes halogenated alkanes) is 30. The quantitative estimate of drug-likeness (QED) is 0.0285. The number of esters is 2. The molecule has 0 spiro atoms. The van der Waals surface area contributed by atoms with Crippen molar-refractivity contribution in [3.05, 3.63) is 0 Å². The molecule has 0 radical (unpaired) electrons. The molecule has 0 heterocycles. The summed E-state index contributed by atoms with van der Waals surface area (Å²) in [5.74, 6) is -1.05. The van der Waals surface area contributed by atoms with Gasteiger partial charge in [0.2, 0.25) is 4.83 Å². The van der Waals surface area contributed by atoms with Crippen LogP contribution in [-0.4, -0.2) is 30.0 Å². The second kappa shape index (κ2) is 36.9. The number of carbonyl (C=O) groups is 2. The molecule has 0 aliphatic rings. The average Bonchev–Trinajstić information content (AvgIpc) is 3.03. The summed E-state index contributed by atoms with van der Waals surface area (Å²) in [6.07, 6.45) is 42.1. The Labute approximate surface area is 283 Å².